The normalized spacial score (nSPS) is 14.8. The van der Waals surface area contributed by atoms with Gasteiger partial charge in [0, 0.05) is 30.9 Å². The smallest absolute Gasteiger partial charge is 0.253 e. The van der Waals surface area contributed by atoms with Crippen molar-refractivity contribution in [3.63, 3.8) is 0 Å². The number of benzene rings is 1. The van der Waals surface area contributed by atoms with Gasteiger partial charge in [-0.05, 0) is 37.5 Å². The maximum Gasteiger partial charge on any atom is 0.253 e. The van der Waals surface area contributed by atoms with E-state index < -0.39 is 0 Å². The molecule has 1 unspecified atom stereocenters. The molecule has 2 rings (SSSR count). The van der Waals surface area contributed by atoms with Crippen LogP contribution in [0, 0.1) is 0 Å². The van der Waals surface area contributed by atoms with Crippen LogP contribution in [0.5, 0.6) is 0 Å². The number of nitrogens with zero attached hydrogens (tertiary/aromatic N) is 1. The molecule has 0 bridgehead atoms. The highest BCUT2D eigenvalue weighted by Crippen LogP contribution is 2.24. The van der Waals surface area contributed by atoms with Crippen molar-refractivity contribution in [2.24, 2.45) is 0 Å². The van der Waals surface area contributed by atoms with Crippen LogP contribution in [0.2, 0.25) is 0 Å². The molecule has 1 N–H and O–H groups in total. The van der Waals surface area contributed by atoms with E-state index in [9.17, 15) is 4.79 Å². The van der Waals surface area contributed by atoms with Crippen LogP contribution in [0.25, 0.3) is 0 Å². The fourth-order valence-electron chi connectivity index (χ4n) is 2.44. The van der Waals surface area contributed by atoms with Gasteiger partial charge >= 0.3 is 0 Å². The number of hydrogen-bond donors (Lipinski definition) is 1. The summed E-state index contributed by atoms with van der Waals surface area (Å²) in [6.45, 7) is 5.23. The van der Waals surface area contributed by atoms with E-state index in [1.807, 2.05) is 24.1 Å². The summed E-state index contributed by atoms with van der Waals surface area (Å²) in [4.78, 5) is 14.2. The highest BCUT2D eigenvalue weighted by molar-refractivity contribution is 5.95. The molecule has 0 fully saturated rings. The molecule has 3 nitrogen and oxygen atoms in total. The van der Waals surface area contributed by atoms with Crippen LogP contribution in [0.15, 0.2) is 18.2 Å². The summed E-state index contributed by atoms with van der Waals surface area (Å²) < 4.78 is 0. The van der Waals surface area contributed by atoms with Gasteiger partial charge in [0.05, 0.1) is 0 Å². The Hall–Kier alpha value is -1.51. The van der Waals surface area contributed by atoms with Gasteiger partial charge in [-0.15, -0.1) is 0 Å². The van der Waals surface area contributed by atoms with E-state index in [1.165, 1.54) is 5.56 Å². The minimum absolute atomic E-state index is 0.118. The Morgan fingerprint density at radius 1 is 1.50 bits per heavy atom. The number of anilines is 1. The van der Waals surface area contributed by atoms with Crippen LogP contribution >= 0.6 is 0 Å². The second-order valence-electron chi connectivity index (χ2n) is 5.10. The summed E-state index contributed by atoms with van der Waals surface area (Å²) in [5.74, 6) is 0.118. The maximum absolute atomic E-state index is 12.4. The van der Waals surface area contributed by atoms with Gasteiger partial charge < -0.3 is 10.2 Å². The molecular formula is C15H22N2O. The molecule has 0 saturated heterocycles. The maximum atomic E-state index is 12.4. The molecule has 0 aliphatic carbocycles. The lowest BCUT2D eigenvalue weighted by molar-refractivity contribution is 0.0737. The SMILES string of the molecule is CCCC(C)N(C)C(=O)c1ccc2c(c1)NCC2. The molecule has 1 aliphatic rings. The van der Waals surface area contributed by atoms with Crippen molar-refractivity contribution >= 4 is 11.6 Å². The second-order valence-corrected chi connectivity index (χ2v) is 5.10. The van der Waals surface area contributed by atoms with Crippen LogP contribution in [-0.4, -0.2) is 30.4 Å². The number of carbonyl (C=O) groups excluding carboxylic acids is 1. The standard InChI is InChI=1S/C15H22N2O/c1-4-5-11(2)17(3)15(18)13-7-6-12-8-9-16-14(12)10-13/h6-7,10-11,16H,4-5,8-9H2,1-3H3. The summed E-state index contributed by atoms with van der Waals surface area (Å²) >= 11 is 0. The third-order valence-corrected chi connectivity index (χ3v) is 3.75. The third-order valence-electron chi connectivity index (χ3n) is 3.75. The Labute approximate surface area is 109 Å². The average Bonchev–Trinajstić information content (AvgIpc) is 2.84. The van der Waals surface area contributed by atoms with E-state index >= 15 is 0 Å². The van der Waals surface area contributed by atoms with Gasteiger partial charge in [-0.2, -0.15) is 0 Å². The van der Waals surface area contributed by atoms with Crippen molar-refractivity contribution < 1.29 is 4.79 Å². The first-order chi connectivity index (χ1) is 8.63. The van der Waals surface area contributed by atoms with Crippen LogP contribution in [0.1, 0.15) is 42.6 Å². The first kappa shape index (κ1) is 12.9. The largest absolute Gasteiger partial charge is 0.384 e. The van der Waals surface area contributed by atoms with Gasteiger partial charge in [0.1, 0.15) is 0 Å². The van der Waals surface area contributed by atoms with Gasteiger partial charge in [-0.25, -0.2) is 0 Å². The van der Waals surface area contributed by atoms with E-state index in [4.69, 9.17) is 0 Å². The van der Waals surface area contributed by atoms with E-state index in [0.29, 0.717) is 6.04 Å². The van der Waals surface area contributed by atoms with Gasteiger partial charge in [0.2, 0.25) is 0 Å². The number of amides is 1. The Balaban J connectivity index is 2.13. The lowest BCUT2D eigenvalue weighted by atomic mass is 10.1. The van der Waals surface area contributed by atoms with Crippen LogP contribution in [-0.2, 0) is 6.42 Å². The highest BCUT2D eigenvalue weighted by atomic mass is 16.2. The highest BCUT2D eigenvalue weighted by Gasteiger charge is 2.19. The van der Waals surface area contributed by atoms with Crippen molar-refractivity contribution in [2.45, 2.75) is 39.2 Å². The first-order valence-electron chi connectivity index (χ1n) is 6.77. The van der Waals surface area contributed by atoms with E-state index in [2.05, 4.69) is 25.2 Å². The molecule has 0 radical (unpaired) electrons. The average molecular weight is 246 g/mol. The molecule has 0 aromatic heterocycles. The van der Waals surface area contributed by atoms with E-state index in [-0.39, 0.29) is 5.91 Å². The summed E-state index contributed by atoms with van der Waals surface area (Å²) in [6.07, 6.45) is 3.21. The van der Waals surface area contributed by atoms with Crippen LogP contribution < -0.4 is 5.32 Å². The van der Waals surface area contributed by atoms with Crippen LogP contribution in [0.4, 0.5) is 5.69 Å². The summed E-state index contributed by atoms with van der Waals surface area (Å²) in [5.41, 5.74) is 3.22. The fraction of sp³-hybridized carbons (Fsp3) is 0.533. The molecule has 0 saturated carbocycles. The van der Waals surface area contributed by atoms with Crippen molar-refractivity contribution in [3.8, 4) is 0 Å². The zero-order chi connectivity index (χ0) is 13.1. The van der Waals surface area contributed by atoms with E-state index in [0.717, 1.165) is 37.1 Å². The summed E-state index contributed by atoms with van der Waals surface area (Å²) in [5, 5.41) is 3.32. The van der Waals surface area contributed by atoms with Crippen molar-refractivity contribution in [1.82, 2.24) is 4.90 Å². The zero-order valence-electron chi connectivity index (χ0n) is 11.5. The molecule has 98 valence electrons. The number of rotatable bonds is 4. The Kier molecular flexibility index (Phi) is 3.90. The number of carbonyl (C=O) groups is 1. The summed E-state index contributed by atoms with van der Waals surface area (Å²) in [6, 6.07) is 6.30. The van der Waals surface area contributed by atoms with Crippen molar-refractivity contribution in [2.75, 3.05) is 18.9 Å². The molecule has 1 amide bonds. The van der Waals surface area contributed by atoms with Crippen molar-refractivity contribution in [1.29, 1.82) is 0 Å². The third kappa shape index (κ3) is 2.50. The Morgan fingerprint density at radius 2 is 2.28 bits per heavy atom. The predicted octanol–water partition coefficient (Wildman–Crippen LogP) is 2.92. The van der Waals surface area contributed by atoms with Gasteiger partial charge in [-0.3, -0.25) is 4.79 Å². The number of nitrogens with one attached hydrogen (secondary N) is 1. The quantitative estimate of drug-likeness (QED) is 0.886. The lowest BCUT2D eigenvalue weighted by Gasteiger charge is -2.25. The molecule has 1 heterocycles. The molecule has 0 spiro atoms. The molecule has 1 atom stereocenters. The number of fused-ring (bicyclic) bond motifs is 1. The zero-order valence-corrected chi connectivity index (χ0v) is 11.5. The first-order valence-corrected chi connectivity index (χ1v) is 6.77. The minimum Gasteiger partial charge on any atom is -0.384 e. The van der Waals surface area contributed by atoms with Crippen molar-refractivity contribution in [3.05, 3.63) is 29.3 Å². The number of hydrogen-bond acceptors (Lipinski definition) is 2. The minimum atomic E-state index is 0.118. The summed E-state index contributed by atoms with van der Waals surface area (Å²) in [7, 11) is 1.89. The molecule has 1 aromatic carbocycles. The van der Waals surface area contributed by atoms with E-state index in [1.54, 1.807) is 0 Å². The predicted molar refractivity (Wildman–Crippen MR) is 75.1 cm³/mol. The second kappa shape index (κ2) is 5.42. The Bertz CT molecular complexity index is 442. The molecule has 3 heteroatoms. The molecule has 1 aliphatic heterocycles. The monoisotopic (exact) mass is 246 g/mol. The molecule has 1 aromatic rings. The van der Waals surface area contributed by atoms with Gasteiger partial charge in [0.15, 0.2) is 0 Å². The molecule has 18 heavy (non-hydrogen) atoms. The van der Waals surface area contributed by atoms with Gasteiger partial charge in [-0.1, -0.05) is 19.4 Å². The molecular weight excluding hydrogens is 224 g/mol. The topological polar surface area (TPSA) is 32.3 Å². The lowest BCUT2D eigenvalue weighted by Crippen LogP contribution is -2.34. The fourth-order valence-corrected chi connectivity index (χ4v) is 2.44. The van der Waals surface area contributed by atoms with Gasteiger partial charge in [0.25, 0.3) is 5.91 Å². The van der Waals surface area contributed by atoms with Crippen LogP contribution in [0.3, 0.4) is 0 Å². The Morgan fingerprint density at radius 3 is 3.00 bits per heavy atom.